The second-order valence-corrected chi connectivity index (χ2v) is 6.44. The van der Waals surface area contributed by atoms with E-state index in [2.05, 4.69) is 17.6 Å². The summed E-state index contributed by atoms with van der Waals surface area (Å²) in [5, 5.41) is 6.61. The number of fused-ring (bicyclic) bond motifs is 1. The summed E-state index contributed by atoms with van der Waals surface area (Å²) in [6.45, 7) is 4.74. The number of nitrogens with zero attached hydrogens (tertiary/aromatic N) is 1. The van der Waals surface area contributed by atoms with Crippen LogP contribution in [0.15, 0.2) is 48.5 Å². The molecule has 0 saturated heterocycles. The summed E-state index contributed by atoms with van der Waals surface area (Å²) in [4.78, 5) is 16.8. The molecule has 140 valence electrons. The van der Waals surface area contributed by atoms with Crippen LogP contribution < -0.4 is 15.4 Å². The summed E-state index contributed by atoms with van der Waals surface area (Å²) in [7, 11) is 1.66. The third-order valence-corrected chi connectivity index (χ3v) is 4.46. The summed E-state index contributed by atoms with van der Waals surface area (Å²) in [6, 6.07) is 15.5. The van der Waals surface area contributed by atoms with Crippen LogP contribution in [0.4, 0.5) is 10.5 Å². The Balaban J connectivity index is 2.00. The number of urea groups is 1. The fraction of sp³-hybridized carbons (Fsp3) is 0.273. The van der Waals surface area contributed by atoms with Gasteiger partial charge in [0.05, 0.1) is 12.6 Å². The van der Waals surface area contributed by atoms with Crippen molar-refractivity contribution in [2.75, 3.05) is 19.0 Å². The number of hydrogen-bond acceptors (Lipinski definition) is 3. The first-order valence-electron chi connectivity index (χ1n) is 9.22. The Labute approximate surface area is 159 Å². The number of carbonyl (C=O) groups is 1. The van der Waals surface area contributed by atoms with E-state index in [1.807, 2.05) is 55.5 Å². The molecule has 5 nitrogen and oxygen atoms in total. The van der Waals surface area contributed by atoms with Crippen LogP contribution >= 0.6 is 0 Å². The van der Waals surface area contributed by atoms with Crippen LogP contribution in [0.3, 0.4) is 0 Å². The van der Waals surface area contributed by atoms with Gasteiger partial charge in [-0.3, -0.25) is 4.98 Å². The molecule has 2 amide bonds. The predicted octanol–water partition coefficient (Wildman–Crippen LogP) is 5.14. The Kier molecular flexibility index (Phi) is 5.91. The minimum Gasteiger partial charge on any atom is -0.495 e. The van der Waals surface area contributed by atoms with E-state index in [0.717, 1.165) is 46.3 Å². The van der Waals surface area contributed by atoms with Gasteiger partial charge < -0.3 is 15.4 Å². The molecule has 0 bridgehead atoms. The Bertz CT molecular complexity index is 939. The van der Waals surface area contributed by atoms with Gasteiger partial charge in [-0.25, -0.2) is 4.79 Å². The lowest BCUT2D eigenvalue weighted by molar-refractivity contribution is 0.252. The second-order valence-electron chi connectivity index (χ2n) is 6.44. The van der Waals surface area contributed by atoms with Gasteiger partial charge in [0, 0.05) is 28.9 Å². The monoisotopic (exact) mass is 363 g/mol. The second kappa shape index (κ2) is 8.54. The summed E-state index contributed by atoms with van der Waals surface area (Å²) in [6.07, 6.45) is 2.00. The van der Waals surface area contributed by atoms with Crippen molar-refractivity contribution in [3.63, 3.8) is 0 Å². The van der Waals surface area contributed by atoms with Gasteiger partial charge >= 0.3 is 6.03 Å². The molecule has 1 heterocycles. The zero-order valence-electron chi connectivity index (χ0n) is 16.0. The average molecular weight is 363 g/mol. The first-order chi connectivity index (χ1) is 13.1. The Morgan fingerprint density at radius 1 is 1.15 bits per heavy atom. The van der Waals surface area contributed by atoms with Crippen LogP contribution in [-0.4, -0.2) is 24.7 Å². The van der Waals surface area contributed by atoms with E-state index in [-0.39, 0.29) is 6.03 Å². The van der Waals surface area contributed by atoms with Crippen LogP contribution in [0.2, 0.25) is 0 Å². The number of unbranched alkanes of at least 4 members (excludes halogenated alkanes) is 1. The van der Waals surface area contributed by atoms with Crippen LogP contribution in [0.5, 0.6) is 5.75 Å². The number of amides is 2. The van der Waals surface area contributed by atoms with Crippen LogP contribution in [-0.2, 0) is 0 Å². The van der Waals surface area contributed by atoms with Crippen molar-refractivity contribution in [1.29, 1.82) is 0 Å². The molecule has 3 aromatic rings. The highest BCUT2D eigenvalue weighted by Gasteiger charge is 2.16. The molecule has 2 aromatic carbocycles. The van der Waals surface area contributed by atoms with Gasteiger partial charge in [0.1, 0.15) is 5.75 Å². The van der Waals surface area contributed by atoms with Gasteiger partial charge in [0.2, 0.25) is 0 Å². The van der Waals surface area contributed by atoms with Crippen molar-refractivity contribution in [3.8, 4) is 16.9 Å². The highest BCUT2D eigenvalue weighted by molar-refractivity contribution is 5.98. The minimum absolute atomic E-state index is 0.204. The molecule has 0 fully saturated rings. The Morgan fingerprint density at radius 3 is 2.63 bits per heavy atom. The number of anilines is 1. The lowest BCUT2D eigenvalue weighted by Crippen LogP contribution is -2.29. The van der Waals surface area contributed by atoms with Crippen molar-refractivity contribution in [3.05, 3.63) is 54.2 Å². The fourth-order valence-electron chi connectivity index (χ4n) is 3.14. The summed E-state index contributed by atoms with van der Waals surface area (Å²) >= 11 is 0. The topological polar surface area (TPSA) is 63.2 Å². The first-order valence-corrected chi connectivity index (χ1v) is 9.22. The number of hydrogen-bond donors (Lipinski definition) is 2. The predicted molar refractivity (Wildman–Crippen MR) is 110 cm³/mol. The Hall–Kier alpha value is -3.08. The van der Waals surface area contributed by atoms with Crippen molar-refractivity contribution >= 4 is 22.6 Å². The van der Waals surface area contributed by atoms with Crippen LogP contribution in [0.1, 0.15) is 25.5 Å². The standard InChI is InChI=1S/C22H25N3O2/c1-4-5-13-23-22(26)25-17-11-12-19-18(14-17)21(27-3)20(15(2)24-19)16-9-7-6-8-10-16/h6-12,14H,4-5,13H2,1-3H3,(H2,23,25,26). The fourth-order valence-corrected chi connectivity index (χ4v) is 3.14. The molecule has 0 aliphatic rings. The van der Waals surface area contributed by atoms with Crippen LogP contribution in [0, 0.1) is 6.92 Å². The molecule has 0 aliphatic carbocycles. The van der Waals surface area contributed by atoms with E-state index in [9.17, 15) is 4.79 Å². The SMILES string of the molecule is CCCCNC(=O)Nc1ccc2nc(C)c(-c3ccccc3)c(OC)c2c1. The number of methoxy groups -OCH3 is 1. The van der Waals surface area contributed by atoms with E-state index >= 15 is 0 Å². The van der Waals surface area contributed by atoms with Gasteiger partial charge in [-0.1, -0.05) is 43.7 Å². The largest absolute Gasteiger partial charge is 0.495 e. The molecular formula is C22H25N3O2. The number of aromatic nitrogens is 1. The molecule has 3 rings (SSSR count). The number of benzene rings is 2. The smallest absolute Gasteiger partial charge is 0.319 e. The summed E-state index contributed by atoms with van der Waals surface area (Å²) < 4.78 is 5.76. The highest BCUT2D eigenvalue weighted by Crippen LogP contribution is 2.38. The van der Waals surface area contributed by atoms with E-state index in [1.54, 1.807) is 7.11 Å². The molecular weight excluding hydrogens is 338 g/mol. The molecule has 2 N–H and O–H groups in total. The lowest BCUT2D eigenvalue weighted by Gasteiger charge is -2.15. The van der Waals surface area contributed by atoms with E-state index in [4.69, 9.17) is 9.72 Å². The first kappa shape index (κ1) is 18.7. The third-order valence-electron chi connectivity index (χ3n) is 4.46. The molecule has 27 heavy (non-hydrogen) atoms. The molecule has 1 aromatic heterocycles. The number of pyridine rings is 1. The van der Waals surface area contributed by atoms with Crippen molar-refractivity contribution < 1.29 is 9.53 Å². The summed E-state index contributed by atoms with van der Waals surface area (Å²) in [5.41, 5.74) is 4.47. The number of ether oxygens (including phenoxy) is 1. The Morgan fingerprint density at radius 2 is 1.93 bits per heavy atom. The van der Waals surface area contributed by atoms with Crippen molar-refractivity contribution in [2.24, 2.45) is 0 Å². The molecule has 0 atom stereocenters. The van der Waals surface area contributed by atoms with Gasteiger partial charge in [-0.2, -0.15) is 0 Å². The number of aryl methyl sites for hydroxylation is 1. The molecule has 0 radical (unpaired) electrons. The molecule has 5 heteroatoms. The number of carbonyl (C=O) groups excluding carboxylic acids is 1. The van der Waals surface area contributed by atoms with Crippen molar-refractivity contribution in [1.82, 2.24) is 10.3 Å². The number of rotatable bonds is 6. The molecule has 0 spiro atoms. The lowest BCUT2D eigenvalue weighted by atomic mass is 10.00. The maximum absolute atomic E-state index is 12.1. The van der Waals surface area contributed by atoms with Crippen LogP contribution in [0.25, 0.3) is 22.0 Å². The third kappa shape index (κ3) is 4.19. The van der Waals surface area contributed by atoms with E-state index < -0.39 is 0 Å². The van der Waals surface area contributed by atoms with Gasteiger partial charge in [0.15, 0.2) is 0 Å². The van der Waals surface area contributed by atoms with Crippen molar-refractivity contribution in [2.45, 2.75) is 26.7 Å². The maximum atomic E-state index is 12.1. The van der Waals surface area contributed by atoms with Gasteiger partial charge in [0.25, 0.3) is 0 Å². The van der Waals surface area contributed by atoms with E-state index in [1.165, 1.54) is 0 Å². The summed E-state index contributed by atoms with van der Waals surface area (Å²) in [5.74, 6) is 0.763. The molecule has 0 unspecified atom stereocenters. The number of nitrogens with one attached hydrogen (secondary N) is 2. The highest BCUT2D eigenvalue weighted by atomic mass is 16.5. The van der Waals surface area contributed by atoms with Gasteiger partial charge in [-0.05, 0) is 37.1 Å². The average Bonchev–Trinajstić information content (AvgIpc) is 2.68. The maximum Gasteiger partial charge on any atom is 0.319 e. The quantitative estimate of drug-likeness (QED) is 0.596. The molecule has 0 saturated carbocycles. The van der Waals surface area contributed by atoms with E-state index in [0.29, 0.717) is 12.2 Å². The normalized spacial score (nSPS) is 10.6. The molecule has 0 aliphatic heterocycles. The van der Waals surface area contributed by atoms with Gasteiger partial charge in [-0.15, -0.1) is 0 Å². The zero-order chi connectivity index (χ0) is 19.2. The zero-order valence-corrected chi connectivity index (χ0v) is 16.0. The minimum atomic E-state index is -0.204.